The van der Waals surface area contributed by atoms with Crippen LogP contribution < -0.4 is 5.32 Å². The highest BCUT2D eigenvalue weighted by molar-refractivity contribution is 5.93. The molecule has 2 rings (SSSR count). The maximum Gasteiger partial charge on any atom is 0.306 e. The van der Waals surface area contributed by atoms with Crippen LogP contribution >= 0.6 is 0 Å². The highest BCUT2D eigenvalue weighted by atomic mass is 16.4. The quantitative estimate of drug-likeness (QED) is 0.875. The maximum absolute atomic E-state index is 12.1. The van der Waals surface area contributed by atoms with Crippen molar-refractivity contribution >= 4 is 17.6 Å². The number of pyridine rings is 1. The molecule has 1 aliphatic carbocycles. The molecule has 0 unspecified atom stereocenters. The molecule has 1 fully saturated rings. The molecule has 19 heavy (non-hydrogen) atoms. The van der Waals surface area contributed by atoms with Crippen molar-refractivity contribution in [3.63, 3.8) is 0 Å². The second-order valence-corrected chi connectivity index (χ2v) is 5.07. The Kier molecular flexibility index (Phi) is 4.14. The number of nitrogens with one attached hydrogen (secondary N) is 1. The number of anilines is 1. The molecule has 1 aromatic heterocycles. The van der Waals surface area contributed by atoms with Crippen molar-refractivity contribution in [2.45, 2.75) is 32.6 Å². The molecule has 5 heteroatoms. The lowest BCUT2D eigenvalue weighted by Crippen LogP contribution is -2.29. The number of carboxylic acids is 1. The minimum Gasteiger partial charge on any atom is -0.481 e. The van der Waals surface area contributed by atoms with E-state index in [-0.39, 0.29) is 17.7 Å². The fourth-order valence-electron chi connectivity index (χ4n) is 2.43. The second-order valence-electron chi connectivity index (χ2n) is 5.07. The van der Waals surface area contributed by atoms with E-state index in [0.29, 0.717) is 25.7 Å². The topological polar surface area (TPSA) is 79.3 Å². The van der Waals surface area contributed by atoms with Crippen LogP contribution in [0.3, 0.4) is 0 Å². The summed E-state index contributed by atoms with van der Waals surface area (Å²) in [7, 11) is 0. The predicted octanol–water partition coefficient (Wildman–Crippen LogP) is 2.22. The van der Waals surface area contributed by atoms with Gasteiger partial charge in [0.25, 0.3) is 0 Å². The van der Waals surface area contributed by atoms with Crippen LogP contribution in [0.25, 0.3) is 0 Å². The third kappa shape index (κ3) is 3.30. The summed E-state index contributed by atoms with van der Waals surface area (Å²) < 4.78 is 0. The van der Waals surface area contributed by atoms with E-state index >= 15 is 0 Å². The molecule has 2 N–H and O–H groups in total. The number of rotatable bonds is 3. The minimum atomic E-state index is -0.748. The van der Waals surface area contributed by atoms with Crippen LogP contribution in [0.1, 0.15) is 31.2 Å². The molecule has 0 aromatic carbocycles. The Morgan fingerprint density at radius 1 is 1.26 bits per heavy atom. The average molecular weight is 262 g/mol. The third-order valence-electron chi connectivity index (χ3n) is 3.74. The zero-order valence-corrected chi connectivity index (χ0v) is 10.9. The summed E-state index contributed by atoms with van der Waals surface area (Å²) in [6.07, 6.45) is 5.77. The van der Waals surface area contributed by atoms with E-state index in [2.05, 4.69) is 10.3 Å². The van der Waals surface area contributed by atoms with Gasteiger partial charge in [-0.2, -0.15) is 0 Å². The summed E-state index contributed by atoms with van der Waals surface area (Å²) in [5.41, 5.74) is 1.70. The van der Waals surface area contributed by atoms with Gasteiger partial charge < -0.3 is 10.4 Å². The van der Waals surface area contributed by atoms with Crippen LogP contribution in [0.4, 0.5) is 5.69 Å². The number of hydrogen-bond donors (Lipinski definition) is 2. The van der Waals surface area contributed by atoms with Gasteiger partial charge in [-0.15, -0.1) is 0 Å². The number of carboxylic acid groups (broad SMARTS) is 1. The van der Waals surface area contributed by atoms with Crippen LogP contribution in [0.15, 0.2) is 18.5 Å². The standard InChI is InChI=1S/C14H18N2O3/c1-9-6-7-15-8-12(9)16-13(17)10-2-4-11(5-3-10)14(18)19/h6-8,10-11H,2-5H2,1H3,(H,16,17)(H,18,19). The smallest absolute Gasteiger partial charge is 0.306 e. The Morgan fingerprint density at radius 2 is 1.89 bits per heavy atom. The SMILES string of the molecule is Cc1ccncc1NC(=O)C1CCC(C(=O)O)CC1. The molecule has 0 atom stereocenters. The number of carbonyl (C=O) groups excluding carboxylic acids is 1. The van der Waals surface area contributed by atoms with Crippen molar-refractivity contribution in [2.75, 3.05) is 5.32 Å². The number of hydrogen-bond acceptors (Lipinski definition) is 3. The summed E-state index contributed by atoms with van der Waals surface area (Å²) in [5.74, 6) is -1.15. The fourth-order valence-corrected chi connectivity index (χ4v) is 2.43. The number of aryl methyl sites for hydroxylation is 1. The van der Waals surface area contributed by atoms with Gasteiger partial charge in [-0.1, -0.05) is 0 Å². The second kappa shape index (κ2) is 5.82. The van der Waals surface area contributed by atoms with Gasteiger partial charge >= 0.3 is 5.97 Å². The molecule has 0 aliphatic heterocycles. The largest absolute Gasteiger partial charge is 0.481 e. The van der Waals surface area contributed by atoms with E-state index in [4.69, 9.17) is 5.11 Å². The van der Waals surface area contributed by atoms with Crippen molar-refractivity contribution in [3.8, 4) is 0 Å². The van der Waals surface area contributed by atoms with Gasteiger partial charge in [-0.3, -0.25) is 14.6 Å². The van der Waals surface area contributed by atoms with Crippen molar-refractivity contribution in [1.82, 2.24) is 4.98 Å². The Hall–Kier alpha value is -1.91. The zero-order chi connectivity index (χ0) is 13.8. The van der Waals surface area contributed by atoms with Gasteiger partial charge in [0.2, 0.25) is 5.91 Å². The van der Waals surface area contributed by atoms with Crippen molar-refractivity contribution in [2.24, 2.45) is 11.8 Å². The third-order valence-corrected chi connectivity index (χ3v) is 3.74. The number of amides is 1. The highest BCUT2D eigenvalue weighted by Crippen LogP contribution is 2.30. The Labute approximate surface area is 112 Å². The first-order valence-corrected chi connectivity index (χ1v) is 6.52. The summed E-state index contributed by atoms with van der Waals surface area (Å²) >= 11 is 0. The molecule has 1 heterocycles. The van der Waals surface area contributed by atoms with Crippen molar-refractivity contribution in [1.29, 1.82) is 0 Å². The number of aromatic nitrogens is 1. The molecule has 0 radical (unpaired) electrons. The van der Waals surface area contributed by atoms with Crippen molar-refractivity contribution < 1.29 is 14.7 Å². The molecule has 102 valence electrons. The number of aliphatic carboxylic acids is 1. The van der Waals surface area contributed by atoms with Crippen LogP contribution in [-0.2, 0) is 9.59 Å². The first kappa shape index (κ1) is 13.5. The maximum atomic E-state index is 12.1. The monoisotopic (exact) mass is 262 g/mol. The number of nitrogens with zero attached hydrogens (tertiary/aromatic N) is 1. The molecule has 1 saturated carbocycles. The first-order valence-electron chi connectivity index (χ1n) is 6.52. The Bertz CT molecular complexity index is 479. The predicted molar refractivity (Wildman–Crippen MR) is 70.7 cm³/mol. The Morgan fingerprint density at radius 3 is 2.47 bits per heavy atom. The van der Waals surface area contributed by atoms with Crippen LogP contribution in [0, 0.1) is 18.8 Å². The van der Waals surface area contributed by atoms with Crippen LogP contribution in [0.2, 0.25) is 0 Å². The molecule has 1 aromatic rings. The average Bonchev–Trinajstić information content (AvgIpc) is 2.41. The summed E-state index contributed by atoms with van der Waals surface area (Å²) in [5, 5.41) is 11.8. The molecule has 0 spiro atoms. The van der Waals surface area contributed by atoms with Gasteiger partial charge in [0.15, 0.2) is 0 Å². The van der Waals surface area contributed by atoms with E-state index in [9.17, 15) is 9.59 Å². The molecule has 5 nitrogen and oxygen atoms in total. The first-order chi connectivity index (χ1) is 9.08. The summed E-state index contributed by atoms with van der Waals surface area (Å²) in [4.78, 5) is 27.0. The van der Waals surface area contributed by atoms with E-state index in [1.165, 1.54) is 0 Å². The molecule has 1 amide bonds. The zero-order valence-electron chi connectivity index (χ0n) is 10.9. The highest BCUT2D eigenvalue weighted by Gasteiger charge is 2.29. The molecular formula is C14H18N2O3. The van der Waals surface area contributed by atoms with Gasteiger partial charge in [0, 0.05) is 12.1 Å². The van der Waals surface area contributed by atoms with Gasteiger partial charge in [-0.05, 0) is 44.2 Å². The lowest BCUT2D eigenvalue weighted by atomic mass is 9.81. The summed E-state index contributed by atoms with van der Waals surface area (Å²) in [6.45, 7) is 1.92. The molecular weight excluding hydrogens is 244 g/mol. The Balaban J connectivity index is 1.92. The van der Waals surface area contributed by atoms with Gasteiger partial charge in [-0.25, -0.2) is 0 Å². The molecule has 1 aliphatic rings. The molecule has 0 saturated heterocycles. The van der Waals surface area contributed by atoms with Gasteiger partial charge in [0.05, 0.1) is 17.8 Å². The lowest BCUT2D eigenvalue weighted by molar-refractivity contribution is -0.143. The summed E-state index contributed by atoms with van der Waals surface area (Å²) in [6, 6.07) is 1.84. The van der Waals surface area contributed by atoms with E-state index in [1.54, 1.807) is 12.4 Å². The minimum absolute atomic E-state index is 0.0278. The van der Waals surface area contributed by atoms with E-state index in [0.717, 1.165) is 11.3 Å². The van der Waals surface area contributed by atoms with Crippen LogP contribution in [0.5, 0.6) is 0 Å². The van der Waals surface area contributed by atoms with E-state index in [1.807, 2.05) is 13.0 Å². The fraction of sp³-hybridized carbons (Fsp3) is 0.500. The normalized spacial score (nSPS) is 22.8. The van der Waals surface area contributed by atoms with Crippen molar-refractivity contribution in [3.05, 3.63) is 24.0 Å². The lowest BCUT2D eigenvalue weighted by Gasteiger charge is -2.25. The van der Waals surface area contributed by atoms with Gasteiger partial charge in [0.1, 0.15) is 0 Å². The van der Waals surface area contributed by atoms with Crippen LogP contribution in [-0.4, -0.2) is 22.0 Å². The number of carbonyl (C=O) groups is 2. The van der Waals surface area contributed by atoms with E-state index < -0.39 is 5.97 Å². The molecule has 0 bridgehead atoms.